The van der Waals surface area contributed by atoms with E-state index in [9.17, 15) is 9.90 Å². The van der Waals surface area contributed by atoms with Gasteiger partial charge < -0.3 is 25.8 Å². The molecule has 0 aromatic heterocycles. The smallest absolute Gasteiger partial charge is 0.451 e. The minimum absolute atomic E-state index is 0. The standard InChI is InChI=1S/C18H27BCl2N2O4.2ClH/c1-23(10-13-3-5-15(20)16(21)8-13)11-14-4-2-12(6-7-19(26)27)9-18(14,22)17(24)25;;/h3,5,8,12,14,26-27H,2,4,6-7,9-11,22H2,1H3,(H,24,25);2*1H. The van der Waals surface area contributed by atoms with Crippen molar-refractivity contribution >= 4 is 61.1 Å². The molecular weight excluding hydrogens is 461 g/mol. The molecule has 1 saturated carbocycles. The van der Waals surface area contributed by atoms with Crippen LogP contribution in [0.3, 0.4) is 0 Å². The van der Waals surface area contributed by atoms with Crippen molar-refractivity contribution in [2.45, 2.75) is 44.1 Å². The molecule has 2 rings (SSSR count). The third-order valence-corrected chi connectivity index (χ3v) is 6.22. The van der Waals surface area contributed by atoms with E-state index in [-0.39, 0.29) is 43.0 Å². The zero-order valence-electron chi connectivity index (χ0n) is 16.3. The van der Waals surface area contributed by atoms with Crippen molar-refractivity contribution in [1.82, 2.24) is 4.90 Å². The van der Waals surface area contributed by atoms with Crippen molar-refractivity contribution in [1.29, 1.82) is 0 Å². The first-order valence-electron chi connectivity index (χ1n) is 9.12. The Hall–Kier alpha value is -0.245. The molecule has 3 unspecified atom stereocenters. The van der Waals surface area contributed by atoms with Crippen LogP contribution in [0.5, 0.6) is 0 Å². The van der Waals surface area contributed by atoms with Gasteiger partial charge in [0.2, 0.25) is 0 Å². The number of carboxylic acid groups (broad SMARTS) is 1. The first kappa shape index (κ1) is 28.8. The Labute approximate surface area is 194 Å². The van der Waals surface area contributed by atoms with Gasteiger partial charge in [-0.15, -0.1) is 24.8 Å². The van der Waals surface area contributed by atoms with Gasteiger partial charge in [-0.25, -0.2) is 0 Å². The summed E-state index contributed by atoms with van der Waals surface area (Å²) < 4.78 is 0. The zero-order valence-corrected chi connectivity index (χ0v) is 19.4. The second-order valence-electron chi connectivity index (χ2n) is 7.69. The van der Waals surface area contributed by atoms with Crippen LogP contribution in [0, 0.1) is 11.8 Å². The van der Waals surface area contributed by atoms with E-state index in [4.69, 9.17) is 39.0 Å². The van der Waals surface area contributed by atoms with Gasteiger partial charge in [0.1, 0.15) is 5.54 Å². The predicted molar refractivity (Wildman–Crippen MR) is 122 cm³/mol. The maximum absolute atomic E-state index is 11.9. The molecule has 1 aliphatic carbocycles. The van der Waals surface area contributed by atoms with Crippen LogP contribution in [-0.4, -0.2) is 52.3 Å². The highest BCUT2D eigenvalue weighted by atomic mass is 35.5. The molecule has 29 heavy (non-hydrogen) atoms. The fourth-order valence-corrected chi connectivity index (χ4v) is 4.30. The largest absolute Gasteiger partial charge is 0.480 e. The SMILES string of the molecule is CN(Cc1ccc(Cl)c(Cl)c1)CC1CCC(CCB(O)O)CC1(N)C(=O)O.Cl.Cl. The summed E-state index contributed by atoms with van der Waals surface area (Å²) in [5, 5.41) is 28.9. The monoisotopic (exact) mass is 488 g/mol. The second kappa shape index (κ2) is 12.6. The van der Waals surface area contributed by atoms with Crippen molar-refractivity contribution in [3.05, 3.63) is 33.8 Å². The molecule has 11 heteroatoms. The van der Waals surface area contributed by atoms with E-state index in [1.54, 1.807) is 6.07 Å². The molecular formula is C18H29BCl4N2O4. The van der Waals surface area contributed by atoms with Crippen LogP contribution in [0.4, 0.5) is 0 Å². The van der Waals surface area contributed by atoms with Crippen LogP contribution in [0.25, 0.3) is 0 Å². The van der Waals surface area contributed by atoms with Crippen molar-refractivity contribution in [3.8, 4) is 0 Å². The zero-order chi connectivity index (χ0) is 20.2. The van der Waals surface area contributed by atoms with E-state index in [0.717, 1.165) is 12.0 Å². The maximum atomic E-state index is 11.9. The van der Waals surface area contributed by atoms with Gasteiger partial charge in [0.15, 0.2) is 0 Å². The van der Waals surface area contributed by atoms with E-state index in [1.807, 2.05) is 24.1 Å². The molecule has 166 valence electrons. The average Bonchev–Trinajstić information content (AvgIpc) is 2.58. The molecule has 0 spiro atoms. The van der Waals surface area contributed by atoms with Gasteiger partial charge in [0.25, 0.3) is 0 Å². The lowest BCUT2D eigenvalue weighted by Crippen LogP contribution is -2.59. The molecule has 1 aromatic carbocycles. The van der Waals surface area contributed by atoms with Crippen LogP contribution in [-0.2, 0) is 11.3 Å². The van der Waals surface area contributed by atoms with Gasteiger partial charge in [-0.3, -0.25) is 4.79 Å². The minimum Gasteiger partial charge on any atom is -0.480 e. The number of benzene rings is 1. The Morgan fingerprint density at radius 1 is 1.28 bits per heavy atom. The molecule has 0 bridgehead atoms. The van der Waals surface area contributed by atoms with Gasteiger partial charge in [-0.2, -0.15) is 0 Å². The molecule has 1 fully saturated rings. The third-order valence-electron chi connectivity index (χ3n) is 5.48. The summed E-state index contributed by atoms with van der Waals surface area (Å²) in [6, 6.07) is 5.46. The molecule has 3 atom stereocenters. The topological polar surface area (TPSA) is 107 Å². The van der Waals surface area contributed by atoms with Crippen molar-refractivity contribution in [2.24, 2.45) is 17.6 Å². The summed E-state index contributed by atoms with van der Waals surface area (Å²) in [6.45, 7) is 1.17. The lowest BCUT2D eigenvalue weighted by atomic mass is 9.66. The average molecular weight is 490 g/mol. The van der Waals surface area contributed by atoms with Crippen molar-refractivity contribution < 1.29 is 19.9 Å². The Morgan fingerprint density at radius 2 is 1.93 bits per heavy atom. The summed E-state index contributed by atoms with van der Waals surface area (Å²) in [5.74, 6) is -1.09. The summed E-state index contributed by atoms with van der Waals surface area (Å²) in [6.07, 6.45) is 2.68. The molecule has 0 radical (unpaired) electrons. The molecule has 0 amide bonds. The van der Waals surface area contributed by atoms with Gasteiger partial charge in [0.05, 0.1) is 10.0 Å². The van der Waals surface area contributed by atoms with Crippen LogP contribution < -0.4 is 5.73 Å². The lowest BCUT2D eigenvalue weighted by Gasteiger charge is -2.43. The molecule has 0 saturated heterocycles. The first-order chi connectivity index (χ1) is 12.6. The number of hydrogen-bond donors (Lipinski definition) is 4. The minimum atomic E-state index is -1.36. The van der Waals surface area contributed by atoms with Crippen molar-refractivity contribution in [3.63, 3.8) is 0 Å². The highest BCUT2D eigenvalue weighted by molar-refractivity contribution is 6.42. The van der Waals surface area contributed by atoms with Crippen molar-refractivity contribution in [2.75, 3.05) is 13.6 Å². The predicted octanol–water partition coefficient (Wildman–Crippen LogP) is 3.33. The summed E-state index contributed by atoms with van der Waals surface area (Å²) in [5.41, 5.74) is 6.02. The van der Waals surface area contributed by atoms with Gasteiger partial charge in [-0.1, -0.05) is 35.7 Å². The summed E-state index contributed by atoms with van der Waals surface area (Å²) >= 11 is 12.0. The van der Waals surface area contributed by atoms with Crippen LogP contribution >= 0.6 is 48.0 Å². The fourth-order valence-electron chi connectivity index (χ4n) is 3.98. The Kier molecular flexibility index (Phi) is 12.5. The number of aliphatic carboxylic acids is 1. The molecule has 0 heterocycles. The summed E-state index contributed by atoms with van der Waals surface area (Å²) in [4.78, 5) is 14.0. The van der Waals surface area contributed by atoms with E-state index in [0.29, 0.717) is 42.4 Å². The Bertz CT molecular complexity index is 671. The molecule has 0 aliphatic heterocycles. The normalized spacial score (nSPS) is 23.8. The van der Waals surface area contributed by atoms with E-state index >= 15 is 0 Å². The number of nitrogens with zero attached hydrogens (tertiary/aromatic N) is 1. The third kappa shape index (κ3) is 8.07. The number of rotatable bonds is 8. The molecule has 1 aliphatic rings. The summed E-state index contributed by atoms with van der Waals surface area (Å²) in [7, 11) is 0.566. The maximum Gasteiger partial charge on any atom is 0.451 e. The van der Waals surface area contributed by atoms with Crippen LogP contribution in [0.1, 0.15) is 31.2 Å². The molecule has 5 N–H and O–H groups in total. The fraction of sp³-hybridized carbons (Fsp3) is 0.611. The molecule has 6 nitrogen and oxygen atoms in total. The van der Waals surface area contributed by atoms with E-state index < -0.39 is 18.6 Å². The number of halogens is 4. The Morgan fingerprint density at radius 3 is 2.48 bits per heavy atom. The quantitative estimate of drug-likeness (QED) is 0.417. The number of hydrogen-bond acceptors (Lipinski definition) is 5. The highest BCUT2D eigenvalue weighted by Crippen LogP contribution is 2.38. The van der Waals surface area contributed by atoms with Gasteiger partial charge in [-0.05, 0) is 56.2 Å². The number of nitrogens with two attached hydrogens (primary N) is 1. The molecule has 1 aromatic rings. The van der Waals surface area contributed by atoms with E-state index in [1.165, 1.54) is 0 Å². The van der Waals surface area contributed by atoms with Gasteiger partial charge >= 0.3 is 13.1 Å². The number of carboxylic acids is 1. The first-order valence-corrected chi connectivity index (χ1v) is 9.88. The van der Waals surface area contributed by atoms with Crippen LogP contribution in [0.2, 0.25) is 16.4 Å². The van der Waals surface area contributed by atoms with Gasteiger partial charge in [0, 0.05) is 19.0 Å². The lowest BCUT2D eigenvalue weighted by molar-refractivity contribution is -0.148. The second-order valence-corrected chi connectivity index (χ2v) is 8.51. The van der Waals surface area contributed by atoms with Crippen LogP contribution in [0.15, 0.2) is 18.2 Å². The highest BCUT2D eigenvalue weighted by Gasteiger charge is 2.47. The number of carbonyl (C=O) groups is 1. The van der Waals surface area contributed by atoms with E-state index in [2.05, 4.69) is 0 Å². The Balaban J connectivity index is 0.00000392.